The van der Waals surface area contributed by atoms with E-state index in [0.29, 0.717) is 11.0 Å². The van der Waals surface area contributed by atoms with E-state index in [1.54, 1.807) is 6.92 Å². The first-order chi connectivity index (χ1) is 7.60. The first-order valence-corrected chi connectivity index (χ1v) is 6.01. The van der Waals surface area contributed by atoms with E-state index in [-0.39, 0.29) is 18.1 Å². The number of rotatable bonds is 7. The van der Waals surface area contributed by atoms with Crippen molar-refractivity contribution in [2.24, 2.45) is 0 Å². The molecule has 0 rings (SSSR count). The molecule has 0 amide bonds. The lowest BCUT2D eigenvalue weighted by atomic mass is 10.2. The van der Waals surface area contributed by atoms with Gasteiger partial charge in [-0.3, -0.25) is 9.59 Å². The first-order valence-electron chi connectivity index (χ1n) is 5.50. The van der Waals surface area contributed by atoms with Crippen LogP contribution in [0.3, 0.4) is 0 Å². The van der Waals surface area contributed by atoms with E-state index >= 15 is 0 Å². The summed E-state index contributed by atoms with van der Waals surface area (Å²) >= 11 is 4.09. The summed E-state index contributed by atoms with van der Waals surface area (Å²) in [4.78, 5) is 22.1. The van der Waals surface area contributed by atoms with Crippen molar-refractivity contribution in [3.63, 3.8) is 0 Å². The number of carbonyl (C=O) groups is 2. The van der Waals surface area contributed by atoms with Gasteiger partial charge < -0.3 is 14.3 Å². The third-order valence-electron chi connectivity index (χ3n) is 1.91. The highest BCUT2D eigenvalue weighted by molar-refractivity contribution is 7.80. The van der Waals surface area contributed by atoms with Crippen LogP contribution in [-0.4, -0.2) is 60.6 Å². The maximum absolute atomic E-state index is 11.5. The second-order valence-electron chi connectivity index (χ2n) is 5.24. The Bertz CT molecular complexity index is 273. The quantitative estimate of drug-likeness (QED) is 0.405. The molecule has 0 saturated heterocycles. The van der Waals surface area contributed by atoms with Gasteiger partial charge in [0, 0.05) is 5.25 Å². The number of quaternary nitrogens is 1. The zero-order chi connectivity index (χ0) is 13.6. The van der Waals surface area contributed by atoms with Gasteiger partial charge in [0.2, 0.25) is 0 Å². The van der Waals surface area contributed by atoms with E-state index in [2.05, 4.69) is 12.6 Å². The van der Waals surface area contributed by atoms with Gasteiger partial charge in [-0.2, -0.15) is 12.6 Å². The minimum Gasteiger partial charge on any atom is -0.481 e. The zero-order valence-corrected chi connectivity index (χ0v) is 11.7. The van der Waals surface area contributed by atoms with Crippen molar-refractivity contribution in [2.45, 2.75) is 31.1 Å². The fourth-order valence-electron chi connectivity index (χ4n) is 1.42. The Morgan fingerprint density at radius 2 is 1.82 bits per heavy atom. The van der Waals surface area contributed by atoms with Gasteiger partial charge in [-0.05, 0) is 0 Å². The van der Waals surface area contributed by atoms with E-state index in [1.807, 2.05) is 21.1 Å². The molecule has 0 aromatic carbocycles. The minimum absolute atomic E-state index is 0.0860. The number of aliphatic carboxylic acids is 1. The smallest absolute Gasteiger partial charge is 0.307 e. The largest absolute Gasteiger partial charge is 0.481 e. The molecule has 17 heavy (non-hydrogen) atoms. The number of ether oxygens (including phenoxy) is 1. The second kappa shape index (κ2) is 6.86. The Morgan fingerprint density at radius 1 is 1.29 bits per heavy atom. The Balaban J connectivity index is 4.38. The van der Waals surface area contributed by atoms with Crippen molar-refractivity contribution in [3.05, 3.63) is 0 Å². The molecule has 1 N–H and O–H groups in total. The number of nitrogens with zero attached hydrogens (tertiary/aromatic N) is 1. The predicted molar refractivity (Wildman–Crippen MR) is 68.1 cm³/mol. The summed E-state index contributed by atoms with van der Waals surface area (Å²) < 4.78 is 5.71. The fraction of sp³-hybridized carbons (Fsp3) is 0.818. The normalized spacial score (nSPS) is 15.1. The van der Waals surface area contributed by atoms with E-state index in [1.165, 1.54) is 0 Å². The number of thiol groups is 1. The van der Waals surface area contributed by atoms with Crippen LogP contribution in [0.15, 0.2) is 0 Å². The molecule has 2 unspecified atom stereocenters. The Labute approximate surface area is 108 Å². The number of hydrogen-bond donors (Lipinski definition) is 2. The van der Waals surface area contributed by atoms with Crippen molar-refractivity contribution in [1.29, 1.82) is 0 Å². The lowest BCUT2D eigenvalue weighted by Crippen LogP contribution is -2.43. The SMILES string of the molecule is CC(S)CC(=O)OC(CC(=O)O)C[N+](C)(C)C. The molecular weight excluding hydrogens is 242 g/mol. The average molecular weight is 264 g/mol. The van der Waals surface area contributed by atoms with Gasteiger partial charge in [0.05, 0.1) is 34.0 Å². The summed E-state index contributed by atoms with van der Waals surface area (Å²) in [7, 11) is 5.76. The van der Waals surface area contributed by atoms with Crippen LogP contribution in [0.25, 0.3) is 0 Å². The van der Waals surface area contributed by atoms with Crippen LogP contribution < -0.4 is 0 Å². The average Bonchev–Trinajstić information content (AvgIpc) is 1.95. The summed E-state index contributed by atoms with van der Waals surface area (Å²) in [5, 5.41) is 8.68. The van der Waals surface area contributed by atoms with Gasteiger partial charge in [-0.25, -0.2) is 0 Å². The van der Waals surface area contributed by atoms with Gasteiger partial charge >= 0.3 is 11.9 Å². The van der Waals surface area contributed by atoms with Crippen LogP contribution in [0.1, 0.15) is 19.8 Å². The molecular formula is C11H22NO4S+. The van der Waals surface area contributed by atoms with Crippen molar-refractivity contribution in [1.82, 2.24) is 0 Å². The molecule has 2 atom stereocenters. The monoisotopic (exact) mass is 264 g/mol. The van der Waals surface area contributed by atoms with Crippen molar-refractivity contribution >= 4 is 24.6 Å². The second-order valence-corrected chi connectivity index (χ2v) is 6.12. The third-order valence-corrected chi connectivity index (χ3v) is 2.10. The number of carboxylic acid groups (broad SMARTS) is 1. The summed E-state index contributed by atoms with van der Waals surface area (Å²) in [5.74, 6) is -1.36. The zero-order valence-electron chi connectivity index (χ0n) is 10.8. The molecule has 0 radical (unpaired) electrons. The predicted octanol–water partition coefficient (Wildman–Crippen LogP) is 0.787. The maximum atomic E-state index is 11.5. The molecule has 0 fully saturated rings. The highest BCUT2D eigenvalue weighted by Crippen LogP contribution is 2.08. The lowest BCUT2D eigenvalue weighted by molar-refractivity contribution is -0.873. The van der Waals surface area contributed by atoms with E-state index < -0.39 is 18.0 Å². The van der Waals surface area contributed by atoms with Gasteiger partial charge in [0.1, 0.15) is 6.54 Å². The highest BCUT2D eigenvalue weighted by Gasteiger charge is 2.24. The van der Waals surface area contributed by atoms with E-state index in [0.717, 1.165) is 0 Å². The fourth-order valence-corrected chi connectivity index (χ4v) is 1.57. The summed E-state index contributed by atoms with van der Waals surface area (Å²) in [6.45, 7) is 2.26. The maximum Gasteiger partial charge on any atom is 0.307 e. The summed E-state index contributed by atoms with van der Waals surface area (Å²) in [6, 6.07) is 0. The number of likely N-dealkylation sites (N-methyl/N-ethyl adjacent to an activating group) is 1. The Morgan fingerprint density at radius 3 is 2.18 bits per heavy atom. The molecule has 6 heteroatoms. The van der Waals surface area contributed by atoms with Crippen molar-refractivity contribution in [2.75, 3.05) is 27.7 Å². The molecule has 0 aliphatic heterocycles. The van der Waals surface area contributed by atoms with Crippen LogP contribution in [0.2, 0.25) is 0 Å². The standard InChI is InChI=1S/C11H21NO4S/c1-8(17)5-11(15)16-9(6-10(13)14)7-12(2,3)4/h8-9H,5-7H2,1-4H3,(H-,13,14,17)/p+1. The molecule has 0 bridgehead atoms. The van der Waals surface area contributed by atoms with E-state index in [4.69, 9.17) is 9.84 Å². The molecule has 100 valence electrons. The molecule has 0 heterocycles. The van der Waals surface area contributed by atoms with Gasteiger partial charge in [-0.15, -0.1) is 0 Å². The molecule has 0 saturated carbocycles. The topological polar surface area (TPSA) is 63.6 Å². The molecule has 5 nitrogen and oxygen atoms in total. The Kier molecular flexibility index (Phi) is 6.56. The van der Waals surface area contributed by atoms with Crippen molar-refractivity contribution < 1.29 is 23.9 Å². The highest BCUT2D eigenvalue weighted by atomic mass is 32.1. The third kappa shape index (κ3) is 10.1. The molecule has 0 aliphatic carbocycles. The number of hydrogen-bond acceptors (Lipinski definition) is 4. The summed E-state index contributed by atoms with van der Waals surface area (Å²) in [5.41, 5.74) is 0. The minimum atomic E-state index is -0.963. The van der Waals surface area contributed by atoms with E-state index in [9.17, 15) is 9.59 Å². The van der Waals surface area contributed by atoms with Crippen molar-refractivity contribution in [3.8, 4) is 0 Å². The number of esters is 1. The van der Waals surface area contributed by atoms with Gasteiger partial charge in [-0.1, -0.05) is 6.92 Å². The van der Waals surface area contributed by atoms with Crippen LogP contribution in [-0.2, 0) is 14.3 Å². The molecule has 0 spiro atoms. The molecule has 0 aliphatic rings. The number of carboxylic acids is 1. The molecule has 0 aromatic rings. The van der Waals surface area contributed by atoms with Crippen LogP contribution in [0.5, 0.6) is 0 Å². The van der Waals surface area contributed by atoms with Crippen LogP contribution >= 0.6 is 12.6 Å². The van der Waals surface area contributed by atoms with Crippen LogP contribution in [0, 0.1) is 0 Å². The molecule has 0 aromatic heterocycles. The first kappa shape index (κ1) is 16.2. The summed E-state index contributed by atoms with van der Waals surface area (Å²) in [6.07, 6.45) is -0.564. The van der Waals surface area contributed by atoms with Crippen LogP contribution in [0.4, 0.5) is 0 Å². The van der Waals surface area contributed by atoms with Gasteiger partial charge in [0.25, 0.3) is 0 Å². The van der Waals surface area contributed by atoms with Gasteiger partial charge in [0.15, 0.2) is 6.10 Å². The lowest BCUT2D eigenvalue weighted by Gasteiger charge is -2.28. The number of carbonyl (C=O) groups excluding carboxylic acids is 1. The Hall–Kier alpha value is -0.750.